The fourth-order valence-corrected chi connectivity index (χ4v) is 6.21. The number of aromatic nitrogens is 2. The number of nitrogens with zero attached hydrogens (tertiary/aromatic N) is 6. The first-order valence-electron chi connectivity index (χ1n) is 14.7. The molecule has 222 valence electrons. The van der Waals surface area contributed by atoms with Crippen LogP contribution in [0.15, 0.2) is 54.9 Å². The summed E-state index contributed by atoms with van der Waals surface area (Å²) in [5.74, 6) is 0.989. The van der Waals surface area contributed by atoms with E-state index in [1.165, 1.54) is 32.3 Å². The molecule has 3 fully saturated rings. The monoisotopic (exact) mass is 573 g/mol. The van der Waals surface area contributed by atoms with Crippen LogP contribution in [0.5, 0.6) is 5.75 Å². The molecule has 3 aliphatic heterocycles. The molecule has 3 aromatic rings. The van der Waals surface area contributed by atoms with Crippen LogP contribution in [-0.2, 0) is 4.84 Å². The van der Waals surface area contributed by atoms with Gasteiger partial charge in [0.1, 0.15) is 17.9 Å². The number of hydrogen-bond acceptors (Lipinski definition) is 10. The number of anilines is 4. The molecule has 1 atom stereocenters. The van der Waals surface area contributed by atoms with Crippen molar-refractivity contribution in [2.75, 3.05) is 75.3 Å². The Morgan fingerprint density at radius 3 is 2.57 bits per heavy atom. The van der Waals surface area contributed by atoms with Crippen molar-refractivity contribution in [1.82, 2.24) is 19.8 Å². The van der Waals surface area contributed by atoms with Gasteiger partial charge in [0.2, 0.25) is 0 Å². The van der Waals surface area contributed by atoms with Crippen LogP contribution in [0.3, 0.4) is 0 Å². The van der Waals surface area contributed by atoms with Gasteiger partial charge in [0.05, 0.1) is 31.0 Å². The van der Waals surface area contributed by atoms with E-state index in [0.29, 0.717) is 24.3 Å². The van der Waals surface area contributed by atoms with Crippen LogP contribution in [-0.4, -0.2) is 96.9 Å². The molecule has 0 amide bonds. The highest BCUT2D eigenvalue weighted by molar-refractivity contribution is 5.87. The molecule has 11 heteroatoms. The van der Waals surface area contributed by atoms with Crippen molar-refractivity contribution in [3.05, 3.63) is 66.0 Å². The van der Waals surface area contributed by atoms with E-state index in [9.17, 15) is 9.90 Å². The number of methoxy groups -OCH3 is 1. The van der Waals surface area contributed by atoms with Gasteiger partial charge in [-0.2, -0.15) is 0 Å². The predicted octanol–water partition coefficient (Wildman–Crippen LogP) is 4.03. The van der Waals surface area contributed by atoms with Crippen LogP contribution in [0.4, 0.5) is 23.0 Å². The average molecular weight is 574 g/mol. The number of ether oxygens (including phenoxy) is 1. The third-order valence-electron chi connectivity index (χ3n) is 8.63. The molecule has 2 aromatic carbocycles. The summed E-state index contributed by atoms with van der Waals surface area (Å²) in [6, 6.07) is 15.6. The molecule has 42 heavy (non-hydrogen) atoms. The number of hydrogen-bond donors (Lipinski definition) is 2. The normalized spacial score (nSPS) is 20.6. The second-order valence-corrected chi connectivity index (χ2v) is 11.2. The maximum Gasteiger partial charge on any atom is 0.335 e. The van der Waals surface area contributed by atoms with Crippen LogP contribution >= 0.6 is 0 Å². The molecular formula is C31H39N7O4. The van der Waals surface area contributed by atoms with E-state index in [2.05, 4.69) is 49.2 Å². The molecule has 0 aliphatic carbocycles. The molecular weight excluding hydrogens is 534 g/mol. The van der Waals surface area contributed by atoms with Crippen molar-refractivity contribution < 1.29 is 19.5 Å². The van der Waals surface area contributed by atoms with Gasteiger partial charge in [0.15, 0.2) is 5.82 Å². The molecule has 0 saturated carbocycles. The molecule has 2 N–H and O–H groups in total. The molecule has 11 nitrogen and oxygen atoms in total. The summed E-state index contributed by atoms with van der Waals surface area (Å²) >= 11 is 0. The standard InChI is InChI=1S/C31H39N7O4/c1-35-13-15-37(16-14-35)24-8-11-36(12-9-24)25-6-7-26(28(19-25)41-2)34-29-20-30(33-21-32-29)38-27(10-17-42-38)22-4-3-5-23(18-22)31(39)40/h3-7,18-21,24,27H,8-17H2,1-2H3,(H,39,40)(H,32,33,34). The minimum atomic E-state index is -0.953. The molecule has 4 heterocycles. The SMILES string of the molecule is COc1cc(N2CCC(N3CCN(C)CC3)CC2)ccc1Nc1cc(N2OCCC2c2cccc(C(=O)O)c2)ncn1. The number of hydroxylamine groups is 1. The van der Waals surface area contributed by atoms with E-state index in [0.717, 1.165) is 55.3 Å². The van der Waals surface area contributed by atoms with Gasteiger partial charge in [-0.25, -0.2) is 19.8 Å². The second kappa shape index (κ2) is 12.5. The summed E-state index contributed by atoms with van der Waals surface area (Å²) in [5.41, 5.74) is 3.09. The topological polar surface area (TPSA) is 107 Å². The number of carbonyl (C=O) groups is 1. The van der Waals surface area contributed by atoms with Gasteiger partial charge < -0.3 is 25.0 Å². The zero-order valence-electron chi connectivity index (χ0n) is 24.3. The smallest absolute Gasteiger partial charge is 0.335 e. The van der Waals surface area contributed by atoms with Gasteiger partial charge in [-0.1, -0.05) is 12.1 Å². The first-order valence-corrected chi connectivity index (χ1v) is 14.7. The van der Waals surface area contributed by atoms with Crippen LogP contribution in [0, 0.1) is 0 Å². The lowest BCUT2D eigenvalue weighted by Gasteiger charge is -2.42. The van der Waals surface area contributed by atoms with Gasteiger partial charge in [-0.15, -0.1) is 0 Å². The molecule has 0 bridgehead atoms. The lowest BCUT2D eigenvalue weighted by molar-refractivity contribution is 0.0696. The molecule has 6 rings (SSSR count). The lowest BCUT2D eigenvalue weighted by Crippen LogP contribution is -2.52. The Balaban J connectivity index is 1.13. The number of carboxylic acids is 1. The Hall–Kier alpha value is -3.93. The summed E-state index contributed by atoms with van der Waals surface area (Å²) in [5, 5.41) is 14.5. The average Bonchev–Trinajstić information content (AvgIpc) is 3.52. The number of nitrogens with one attached hydrogen (secondary N) is 1. The fourth-order valence-electron chi connectivity index (χ4n) is 6.21. The van der Waals surface area contributed by atoms with Crippen molar-refractivity contribution in [1.29, 1.82) is 0 Å². The number of piperidine rings is 1. The first kappa shape index (κ1) is 28.2. The first-order chi connectivity index (χ1) is 20.5. The number of rotatable bonds is 8. The Bertz CT molecular complexity index is 1390. The highest BCUT2D eigenvalue weighted by atomic mass is 16.7. The number of carboxylic acid groups (broad SMARTS) is 1. The van der Waals surface area contributed by atoms with Gasteiger partial charge in [-0.3, -0.25) is 9.74 Å². The summed E-state index contributed by atoms with van der Waals surface area (Å²) in [7, 11) is 3.89. The number of piperazine rings is 1. The molecule has 0 radical (unpaired) electrons. The zero-order valence-corrected chi connectivity index (χ0v) is 24.3. The molecule has 0 spiro atoms. The Morgan fingerprint density at radius 1 is 1.00 bits per heavy atom. The second-order valence-electron chi connectivity index (χ2n) is 11.2. The van der Waals surface area contributed by atoms with E-state index in [1.54, 1.807) is 30.4 Å². The fraction of sp³-hybridized carbons (Fsp3) is 0.452. The van der Waals surface area contributed by atoms with Crippen molar-refractivity contribution in [3.8, 4) is 5.75 Å². The van der Waals surface area contributed by atoms with Gasteiger partial charge >= 0.3 is 5.97 Å². The largest absolute Gasteiger partial charge is 0.494 e. The predicted molar refractivity (Wildman–Crippen MR) is 162 cm³/mol. The maximum absolute atomic E-state index is 11.5. The van der Waals surface area contributed by atoms with Gasteiger partial charge in [0.25, 0.3) is 0 Å². The van der Waals surface area contributed by atoms with Crippen molar-refractivity contribution in [2.45, 2.75) is 31.3 Å². The number of likely N-dealkylation sites (N-methyl/N-ethyl adjacent to an activating group) is 1. The Kier molecular flexibility index (Phi) is 8.41. The number of aromatic carboxylic acids is 1. The molecule has 3 aliphatic rings. The quantitative estimate of drug-likeness (QED) is 0.408. The Morgan fingerprint density at radius 2 is 1.81 bits per heavy atom. The highest BCUT2D eigenvalue weighted by Gasteiger charge is 2.30. The summed E-state index contributed by atoms with van der Waals surface area (Å²) in [6.45, 7) is 7.24. The summed E-state index contributed by atoms with van der Waals surface area (Å²) < 4.78 is 5.78. The van der Waals surface area contributed by atoms with Crippen LogP contribution < -0.4 is 20.0 Å². The van der Waals surface area contributed by atoms with Gasteiger partial charge in [-0.05, 0) is 49.7 Å². The van der Waals surface area contributed by atoms with E-state index >= 15 is 0 Å². The number of benzene rings is 2. The lowest BCUT2D eigenvalue weighted by atomic mass is 10.0. The summed E-state index contributed by atoms with van der Waals surface area (Å²) in [4.78, 5) is 33.8. The zero-order chi connectivity index (χ0) is 29.1. The maximum atomic E-state index is 11.5. The van der Waals surface area contributed by atoms with E-state index in [4.69, 9.17) is 9.57 Å². The van der Waals surface area contributed by atoms with E-state index in [1.807, 2.05) is 18.2 Å². The third-order valence-corrected chi connectivity index (χ3v) is 8.63. The van der Waals surface area contributed by atoms with E-state index in [-0.39, 0.29) is 11.6 Å². The third kappa shape index (κ3) is 6.13. The minimum Gasteiger partial charge on any atom is -0.494 e. The Labute approximate surface area is 246 Å². The van der Waals surface area contributed by atoms with Crippen LogP contribution in [0.1, 0.15) is 41.2 Å². The highest BCUT2D eigenvalue weighted by Crippen LogP contribution is 2.37. The van der Waals surface area contributed by atoms with Crippen LogP contribution in [0.25, 0.3) is 0 Å². The van der Waals surface area contributed by atoms with Crippen molar-refractivity contribution in [2.24, 2.45) is 0 Å². The molecule has 1 unspecified atom stereocenters. The van der Waals surface area contributed by atoms with E-state index < -0.39 is 5.97 Å². The summed E-state index contributed by atoms with van der Waals surface area (Å²) in [6.07, 6.45) is 4.57. The van der Waals surface area contributed by atoms with Gasteiger partial charge in [0, 0.05) is 69.6 Å². The minimum absolute atomic E-state index is 0.152. The molecule has 1 aromatic heterocycles. The van der Waals surface area contributed by atoms with Crippen molar-refractivity contribution in [3.63, 3.8) is 0 Å². The van der Waals surface area contributed by atoms with Crippen molar-refractivity contribution >= 4 is 29.0 Å². The molecule has 3 saturated heterocycles. The van der Waals surface area contributed by atoms with Crippen LogP contribution in [0.2, 0.25) is 0 Å².